The number of hydrogen-bond donors (Lipinski definition) is 2. The summed E-state index contributed by atoms with van der Waals surface area (Å²) in [7, 11) is 0. The maximum atomic E-state index is 13.9. The second-order valence-electron chi connectivity index (χ2n) is 10.6. The first kappa shape index (κ1) is 25.4. The van der Waals surface area contributed by atoms with Gasteiger partial charge in [0.15, 0.2) is 0 Å². The molecule has 3 aliphatic heterocycles. The number of carbonyl (C=O) groups excluding carboxylic acids is 2. The van der Waals surface area contributed by atoms with Gasteiger partial charge in [-0.1, -0.05) is 24.3 Å². The molecule has 0 saturated carbocycles. The summed E-state index contributed by atoms with van der Waals surface area (Å²) in [6.07, 6.45) is 5.48. The molecule has 0 spiro atoms. The van der Waals surface area contributed by atoms with Crippen molar-refractivity contribution in [2.45, 2.75) is 44.4 Å². The van der Waals surface area contributed by atoms with Gasteiger partial charge >= 0.3 is 12.6 Å². The molecule has 2 N–H and O–H groups in total. The van der Waals surface area contributed by atoms with Crippen LogP contribution in [0.5, 0.6) is 11.5 Å². The minimum Gasteiger partial charge on any atom is -0.508 e. The molecule has 1 aromatic heterocycles. The molecule has 0 bridgehead atoms. The first-order valence-electron chi connectivity index (χ1n) is 13.1. The molecule has 10 heteroatoms. The van der Waals surface area contributed by atoms with Gasteiger partial charge in [0, 0.05) is 49.2 Å². The smallest absolute Gasteiger partial charge is 0.387 e. The van der Waals surface area contributed by atoms with Crippen LogP contribution in [0, 0.1) is 0 Å². The van der Waals surface area contributed by atoms with Crippen LogP contribution in [0.15, 0.2) is 54.6 Å². The molecule has 0 radical (unpaired) electrons. The van der Waals surface area contributed by atoms with Gasteiger partial charge in [-0.3, -0.25) is 14.6 Å². The minimum absolute atomic E-state index is 0.0308. The predicted octanol–water partition coefficient (Wildman–Crippen LogP) is 4.60. The number of urea groups is 1. The van der Waals surface area contributed by atoms with Gasteiger partial charge in [-0.2, -0.15) is 8.78 Å². The Balaban J connectivity index is 1.38. The molecule has 2 aromatic carbocycles. The molecule has 1 unspecified atom stereocenters. The number of hydrogen-bond acceptors (Lipinski definition) is 5. The van der Waals surface area contributed by atoms with Crippen molar-refractivity contribution in [3.05, 3.63) is 71.4 Å². The molecule has 2 atom stereocenters. The van der Waals surface area contributed by atoms with Crippen molar-refractivity contribution in [3.63, 3.8) is 0 Å². The number of halogens is 2. The zero-order valence-corrected chi connectivity index (χ0v) is 21.6. The van der Waals surface area contributed by atoms with E-state index in [4.69, 9.17) is 0 Å². The number of carbonyl (C=O) groups is 2. The molecule has 6 rings (SSSR count). The lowest BCUT2D eigenvalue weighted by Crippen LogP contribution is -2.53. The van der Waals surface area contributed by atoms with Gasteiger partial charge in [-0.25, -0.2) is 4.79 Å². The largest absolute Gasteiger partial charge is 0.508 e. The normalized spacial score (nSPS) is 22.8. The van der Waals surface area contributed by atoms with E-state index in [-0.39, 0.29) is 29.9 Å². The zero-order valence-electron chi connectivity index (χ0n) is 21.6. The molecule has 4 heterocycles. The van der Waals surface area contributed by atoms with Crippen molar-refractivity contribution < 1.29 is 28.2 Å². The molecule has 3 amide bonds. The van der Waals surface area contributed by atoms with Crippen molar-refractivity contribution in [1.82, 2.24) is 19.7 Å². The lowest BCUT2D eigenvalue weighted by molar-refractivity contribution is -0.133. The third-order valence-electron chi connectivity index (χ3n) is 8.07. The number of aromatic amines is 1. The Morgan fingerprint density at radius 2 is 1.92 bits per heavy atom. The number of alkyl halides is 2. The highest BCUT2D eigenvalue weighted by Gasteiger charge is 2.59. The highest BCUT2D eigenvalue weighted by molar-refractivity contribution is 6.08. The summed E-state index contributed by atoms with van der Waals surface area (Å²) >= 11 is 0. The van der Waals surface area contributed by atoms with E-state index in [1.165, 1.54) is 11.0 Å². The first-order chi connectivity index (χ1) is 18.7. The molecule has 3 aliphatic rings. The predicted molar refractivity (Wildman–Crippen MR) is 141 cm³/mol. The monoisotopic (exact) mass is 536 g/mol. The molecule has 1 fully saturated rings. The first-order valence-corrected chi connectivity index (χ1v) is 13.1. The number of fused-ring (bicyclic) bond motifs is 4. The van der Waals surface area contributed by atoms with E-state index < -0.39 is 18.2 Å². The maximum Gasteiger partial charge on any atom is 0.387 e. The Morgan fingerprint density at radius 3 is 2.67 bits per heavy atom. The standard InChI is InChI=1S/C29H30F2N4O4/c1-29-17-22-21-16-20(39-27(30)31)8-9-23(21)32-25(22)24(15-18-6-4-7-19(36)14-18)35(29)28(38)34(26(29)37)13-5-12-33-10-2-3-11-33/h2-4,6-9,14,16,24,27,32,36H,5,10-13,15,17H2,1H3/t24?,29-/m0/s1. The molecule has 1 saturated heterocycles. The Kier molecular flexibility index (Phi) is 6.29. The number of rotatable bonds is 8. The molecular formula is C29H30F2N4O4. The van der Waals surface area contributed by atoms with Crippen LogP contribution >= 0.6 is 0 Å². The molecule has 3 aromatic rings. The number of amides is 3. The highest BCUT2D eigenvalue weighted by Crippen LogP contribution is 2.48. The van der Waals surface area contributed by atoms with Gasteiger partial charge in [0.05, 0.1) is 6.04 Å². The van der Waals surface area contributed by atoms with Crippen molar-refractivity contribution in [2.24, 2.45) is 0 Å². The third kappa shape index (κ3) is 4.42. The van der Waals surface area contributed by atoms with Gasteiger partial charge in [0.2, 0.25) is 0 Å². The second kappa shape index (κ2) is 9.68. The minimum atomic E-state index is -2.96. The van der Waals surface area contributed by atoms with E-state index >= 15 is 0 Å². The van der Waals surface area contributed by atoms with Crippen LogP contribution in [-0.2, 0) is 17.6 Å². The number of imide groups is 1. The Hall–Kier alpha value is -3.92. The molecule has 39 heavy (non-hydrogen) atoms. The molecule has 8 nitrogen and oxygen atoms in total. The number of aromatic hydroxyl groups is 1. The number of H-pyrrole nitrogens is 1. The van der Waals surface area contributed by atoms with Gasteiger partial charge in [-0.05, 0) is 61.2 Å². The van der Waals surface area contributed by atoms with Crippen LogP contribution < -0.4 is 4.74 Å². The van der Waals surface area contributed by atoms with Crippen molar-refractivity contribution >= 4 is 22.8 Å². The number of benzene rings is 2. The summed E-state index contributed by atoms with van der Waals surface area (Å²) < 4.78 is 30.5. The second-order valence-corrected chi connectivity index (χ2v) is 10.6. The van der Waals surface area contributed by atoms with Gasteiger partial charge in [0.1, 0.15) is 17.0 Å². The van der Waals surface area contributed by atoms with Gasteiger partial charge in [0.25, 0.3) is 5.91 Å². The van der Waals surface area contributed by atoms with Crippen molar-refractivity contribution in [2.75, 3.05) is 26.2 Å². The summed E-state index contributed by atoms with van der Waals surface area (Å²) in [6.45, 7) is 1.68. The summed E-state index contributed by atoms with van der Waals surface area (Å²) in [5.41, 5.74) is 1.93. The zero-order chi connectivity index (χ0) is 27.3. The number of phenols is 1. The Labute approximate surface area is 224 Å². The van der Waals surface area contributed by atoms with E-state index in [1.807, 2.05) is 6.07 Å². The molecule has 0 aliphatic carbocycles. The number of nitrogens with one attached hydrogen (secondary N) is 1. The molecular weight excluding hydrogens is 506 g/mol. The van der Waals surface area contributed by atoms with E-state index in [9.17, 15) is 23.5 Å². The van der Waals surface area contributed by atoms with Crippen molar-refractivity contribution in [3.8, 4) is 11.5 Å². The summed E-state index contributed by atoms with van der Waals surface area (Å²) in [4.78, 5) is 36.5. The Bertz CT molecular complexity index is 1460. The van der Waals surface area contributed by atoms with E-state index in [1.54, 1.807) is 42.2 Å². The topological polar surface area (TPSA) is 89.1 Å². The summed E-state index contributed by atoms with van der Waals surface area (Å²) in [5.74, 6) is -0.116. The number of ether oxygens (including phenoxy) is 1. The van der Waals surface area contributed by atoms with Crippen molar-refractivity contribution in [1.29, 1.82) is 0 Å². The fourth-order valence-corrected chi connectivity index (χ4v) is 6.29. The number of phenolic OH excluding ortho intramolecular Hbond substituents is 1. The molecule has 204 valence electrons. The fourth-order valence-electron chi connectivity index (χ4n) is 6.29. The lowest BCUT2D eigenvalue weighted by atomic mass is 9.81. The van der Waals surface area contributed by atoms with Crippen LogP contribution in [0.1, 0.15) is 36.2 Å². The lowest BCUT2D eigenvalue weighted by Gasteiger charge is -2.42. The average Bonchev–Trinajstić information content (AvgIpc) is 3.57. The van der Waals surface area contributed by atoms with E-state index in [0.717, 1.165) is 36.5 Å². The maximum absolute atomic E-state index is 13.9. The van der Waals surface area contributed by atoms with Crippen LogP contribution in [-0.4, -0.2) is 75.1 Å². The average molecular weight is 537 g/mol. The highest BCUT2D eigenvalue weighted by atomic mass is 19.3. The number of aromatic nitrogens is 1. The third-order valence-corrected chi connectivity index (χ3v) is 8.07. The van der Waals surface area contributed by atoms with Crippen LogP contribution in [0.4, 0.5) is 13.6 Å². The SMILES string of the molecule is C[C@@]12Cc3c([nH]c4ccc(OC(F)F)cc34)C(Cc3cccc(O)c3)N1C(=O)N(CCCN1CC=CC1)C2=O. The summed E-state index contributed by atoms with van der Waals surface area (Å²) in [6, 6.07) is 10.7. The number of nitrogens with zero attached hydrogens (tertiary/aromatic N) is 3. The van der Waals surface area contributed by atoms with Crippen LogP contribution in [0.2, 0.25) is 0 Å². The Morgan fingerprint density at radius 1 is 1.13 bits per heavy atom. The van der Waals surface area contributed by atoms with E-state index in [0.29, 0.717) is 30.3 Å². The quantitative estimate of drug-likeness (QED) is 0.325. The van der Waals surface area contributed by atoms with Gasteiger partial charge < -0.3 is 19.7 Å². The van der Waals surface area contributed by atoms with Crippen LogP contribution in [0.3, 0.4) is 0 Å². The van der Waals surface area contributed by atoms with E-state index in [2.05, 4.69) is 26.8 Å². The van der Waals surface area contributed by atoms with Crippen LogP contribution in [0.25, 0.3) is 10.9 Å². The summed E-state index contributed by atoms with van der Waals surface area (Å²) in [5, 5.41) is 10.8. The fraction of sp³-hybridized carbons (Fsp3) is 0.379. The van der Waals surface area contributed by atoms with Gasteiger partial charge in [-0.15, -0.1) is 0 Å².